The van der Waals surface area contributed by atoms with Gasteiger partial charge in [-0.2, -0.15) is 8.78 Å². The van der Waals surface area contributed by atoms with E-state index in [4.69, 9.17) is 0 Å². The Morgan fingerprint density at radius 1 is 1.48 bits per heavy atom. The molecule has 0 saturated heterocycles. The monoisotopic (exact) mass is 328 g/mol. The van der Waals surface area contributed by atoms with Crippen LogP contribution in [0.15, 0.2) is 0 Å². The molecule has 4 nitrogen and oxygen atoms in total. The van der Waals surface area contributed by atoms with Crippen LogP contribution in [0.4, 0.5) is 17.6 Å². The molecule has 1 aromatic heterocycles. The van der Waals surface area contributed by atoms with Crippen LogP contribution in [0.1, 0.15) is 22.5 Å². The van der Waals surface area contributed by atoms with Gasteiger partial charge < -0.3 is 10.1 Å². The molecule has 0 aliphatic heterocycles. The number of ether oxygens (including phenoxy) is 1. The van der Waals surface area contributed by atoms with Gasteiger partial charge in [-0.3, -0.25) is 4.79 Å². The quantitative estimate of drug-likeness (QED) is 0.746. The van der Waals surface area contributed by atoms with E-state index in [1.165, 1.54) is 11.3 Å². The number of amides is 1. The van der Waals surface area contributed by atoms with Gasteiger partial charge in [-0.15, -0.1) is 11.3 Å². The van der Waals surface area contributed by atoms with Gasteiger partial charge in [0.25, 0.3) is 0 Å². The Morgan fingerprint density at radius 2 is 2.14 bits per heavy atom. The van der Waals surface area contributed by atoms with Crippen molar-refractivity contribution in [1.82, 2.24) is 10.3 Å². The van der Waals surface area contributed by atoms with Crippen molar-refractivity contribution in [2.75, 3.05) is 13.2 Å². The topological polar surface area (TPSA) is 51.2 Å². The number of aryl methyl sites for hydroxylation is 2. The number of hydrogen-bond acceptors (Lipinski definition) is 4. The fourth-order valence-corrected chi connectivity index (χ4v) is 2.33. The normalized spacial score (nSPS) is 12.0. The molecular formula is C12H16F4N2O2S. The Balaban J connectivity index is 2.33. The summed E-state index contributed by atoms with van der Waals surface area (Å²) >= 11 is 1.45. The van der Waals surface area contributed by atoms with Gasteiger partial charge in [0.1, 0.15) is 13.2 Å². The van der Waals surface area contributed by atoms with Crippen LogP contribution in [-0.2, 0) is 22.5 Å². The fourth-order valence-electron chi connectivity index (χ4n) is 1.38. The Hall–Kier alpha value is -1.22. The van der Waals surface area contributed by atoms with E-state index in [2.05, 4.69) is 15.0 Å². The maximum atomic E-state index is 12.5. The fraction of sp³-hybridized carbons (Fsp3) is 0.667. The molecule has 0 unspecified atom stereocenters. The van der Waals surface area contributed by atoms with Crippen molar-refractivity contribution in [2.24, 2.45) is 0 Å². The Bertz CT molecular complexity index is 480. The molecule has 120 valence electrons. The molecule has 0 fully saturated rings. The smallest absolute Gasteiger partial charge is 0.330 e. The second kappa shape index (κ2) is 7.69. The van der Waals surface area contributed by atoms with Crippen molar-refractivity contribution in [2.45, 2.75) is 39.2 Å². The van der Waals surface area contributed by atoms with Crippen molar-refractivity contribution < 1.29 is 27.1 Å². The van der Waals surface area contributed by atoms with Crippen molar-refractivity contribution in [3.05, 3.63) is 15.6 Å². The summed E-state index contributed by atoms with van der Waals surface area (Å²) in [4.78, 5) is 16.5. The molecule has 1 N–H and O–H groups in total. The van der Waals surface area contributed by atoms with Crippen molar-refractivity contribution in [3.8, 4) is 0 Å². The first-order chi connectivity index (χ1) is 9.76. The van der Waals surface area contributed by atoms with E-state index in [9.17, 15) is 22.4 Å². The largest absolute Gasteiger partial charge is 0.365 e. The van der Waals surface area contributed by atoms with E-state index < -0.39 is 31.5 Å². The molecule has 0 atom stereocenters. The van der Waals surface area contributed by atoms with Crippen LogP contribution in [0.25, 0.3) is 0 Å². The van der Waals surface area contributed by atoms with E-state index in [1.807, 2.05) is 6.92 Å². The molecule has 0 spiro atoms. The third kappa shape index (κ3) is 5.58. The average Bonchev–Trinajstić information content (AvgIpc) is 2.76. The number of halogens is 4. The van der Waals surface area contributed by atoms with Crippen molar-refractivity contribution in [3.63, 3.8) is 0 Å². The predicted octanol–water partition coefficient (Wildman–Crippen LogP) is 2.55. The summed E-state index contributed by atoms with van der Waals surface area (Å²) in [6.07, 6.45) is -3.03. The highest BCUT2D eigenvalue weighted by molar-refractivity contribution is 7.11. The molecule has 1 amide bonds. The summed E-state index contributed by atoms with van der Waals surface area (Å²) in [5.74, 6) is -4.89. The SMILES string of the molecule is CCc1nc(C)c(CNC(=O)COCC(F)(F)C(F)F)s1. The number of thiazole rings is 1. The first-order valence-corrected chi connectivity index (χ1v) is 7.03. The molecule has 21 heavy (non-hydrogen) atoms. The van der Waals surface area contributed by atoms with E-state index in [0.717, 1.165) is 22.0 Å². The highest BCUT2D eigenvalue weighted by atomic mass is 32.1. The Kier molecular flexibility index (Phi) is 6.53. The van der Waals surface area contributed by atoms with Crippen LogP contribution in [-0.4, -0.2) is 36.5 Å². The number of nitrogens with one attached hydrogen (secondary N) is 1. The molecule has 0 bridgehead atoms. The third-order valence-corrected chi connectivity index (χ3v) is 3.83. The zero-order valence-electron chi connectivity index (χ0n) is 11.6. The Morgan fingerprint density at radius 3 is 2.67 bits per heavy atom. The summed E-state index contributed by atoms with van der Waals surface area (Å²) in [5.41, 5.74) is 0.794. The molecule has 0 aliphatic carbocycles. The lowest BCUT2D eigenvalue weighted by Gasteiger charge is -2.14. The zero-order chi connectivity index (χ0) is 16.0. The second-order valence-electron chi connectivity index (χ2n) is 4.30. The van der Waals surface area contributed by atoms with Crippen molar-refractivity contribution >= 4 is 17.2 Å². The number of carbonyl (C=O) groups is 1. The summed E-state index contributed by atoms with van der Waals surface area (Å²) < 4.78 is 53.1. The van der Waals surface area contributed by atoms with E-state index in [0.29, 0.717) is 0 Å². The molecule has 1 aromatic rings. The van der Waals surface area contributed by atoms with Gasteiger partial charge >= 0.3 is 12.3 Å². The summed E-state index contributed by atoms with van der Waals surface area (Å²) in [7, 11) is 0. The number of aromatic nitrogens is 1. The van der Waals surface area contributed by atoms with E-state index in [-0.39, 0.29) is 6.54 Å². The van der Waals surface area contributed by atoms with Gasteiger partial charge in [0.2, 0.25) is 5.91 Å². The standard InChI is InChI=1S/C12H16F4N2O2S/c1-3-10-18-7(2)8(21-10)4-17-9(19)5-20-6-12(15,16)11(13)14/h11H,3-6H2,1-2H3,(H,17,19). The molecule has 0 aliphatic rings. The lowest BCUT2D eigenvalue weighted by Crippen LogP contribution is -2.35. The number of alkyl halides is 4. The minimum atomic E-state index is -4.25. The summed E-state index contributed by atoms with van der Waals surface area (Å²) in [5, 5.41) is 3.40. The number of hydrogen-bond donors (Lipinski definition) is 1. The van der Waals surface area contributed by atoms with Crippen LogP contribution in [0.3, 0.4) is 0 Å². The van der Waals surface area contributed by atoms with E-state index in [1.54, 1.807) is 6.92 Å². The van der Waals surface area contributed by atoms with Crippen LogP contribution in [0.2, 0.25) is 0 Å². The highest BCUT2D eigenvalue weighted by Crippen LogP contribution is 2.22. The van der Waals surface area contributed by atoms with Gasteiger partial charge in [-0.05, 0) is 13.3 Å². The van der Waals surface area contributed by atoms with Gasteiger partial charge in [0.15, 0.2) is 0 Å². The average molecular weight is 328 g/mol. The maximum absolute atomic E-state index is 12.5. The van der Waals surface area contributed by atoms with Gasteiger partial charge in [0, 0.05) is 4.88 Å². The lowest BCUT2D eigenvalue weighted by molar-refractivity contribution is -0.168. The highest BCUT2D eigenvalue weighted by Gasteiger charge is 2.41. The number of nitrogens with zero attached hydrogens (tertiary/aromatic N) is 1. The lowest BCUT2D eigenvalue weighted by atomic mass is 10.4. The first kappa shape index (κ1) is 17.8. The van der Waals surface area contributed by atoms with Gasteiger partial charge in [-0.25, -0.2) is 13.8 Å². The molecular weight excluding hydrogens is 312 g/mol. The summed E-state index contributed by atoms with van der Waals surface area (Å²) in [6.45, 7) is 1.78. The molecule has 1 rings (SSSR count). The zero-order valence-corrected chi connectivity index (χ0v) is 12.4. The Labute approximate surface area is 123 Å². The van der Waals surface area contributed by atoms with Crippen LogP contribution >= 0.6 is 11.3 Å². The molecule has 1 heterocycles. The maximum Gasteiger partial charge on any atom is 0.330 e. The van der Waals surface area contributed by atoms with Gasteiger partial charge in [0.05, 0.1) is 17.2 Å². The number of carbonyl (C=O) groups excluding carboxylic acids is 1. The minimum Gasteiger partial charge on any atom is -0.365 e. The molecule has 0 radical (unpaired) electrons. The second-order valence-corrected chi connectivity index (χ2v) is 5.47. The molecule has 9 heteroatoms. The van der Waals surface area contributed by atoms with Crippen LogP contribution in [0.5, 0.6) is 0 Å². The molecule has 0 saturated carbocycles. The molecule has 0 aromatic carbocycles. The third-order valence-electron chi connectivity index (χ3n) is 2.53. The number of rotatable bonds is 8. The van der Waals surface area contributed by atoms with Crippen LogP contribution in [0, 0.1) is 6.92 Å². The van der Waals surface area contributed by atoms with Crippen molar-refractivity contribution in [1.29, 1.82) is 0 Å². The summed E-state index contributed by atoms with van der Waals surface area (Å²) in [6, 6.07) is 0. The first-order valence-electron chi connectivity index (χ1n) is 6.21. The van der Waals surface area contributed by atoms with Gasteiger partial charge in [-0.1, -0.05) is 6.92 Å². The van der Waals surface area contributed by atoms with Crippen LogP contribution < -0.4 is 5.32 Å². The predicted molar refractivity (Wildman–Crippen MR) is 69.8 cm³/mol. The van der Waals surface area contributed by atoms with E-state index >= 15 is 0 Å². The minimum absolute atomic E-state index is 0.205.